The Morgan fingerprint density at radius 1 is 1.24 bits per heavy atom. The maximum absolute atomic E-state index is 8.86. The lowest BCUT2D eigenvalue weighted by Gasteiger charge is -1.95. The lowest BCUT2D eigenvalue weighted by atomic mass is 10.1. The number of hydrogen-bond acceptors (Lipinski definition) is 3. The van der Waals surface area contributed by atoms with Gasteiger partial charge in [0.15, 0.2) is 0 Å². The van der Waals surface area contributed by atoms with Gasteiger partial charge in [-0.25, -0.2) is 9.97 Å². The predicted molar refractivity (Wildman–Crippen MR) is 63.1 cm³/mol. The average molecular weight is 220 g/mol. The van der Waals surface area contributed by atoms with Gasteiger partial charge in [-0.15, -0.1) is 0 Å². The first-order valence-electron chi connectivity index (χ1n) is 5.16. The normalized spacial score (nSPS) is 10.3. The molecule has 0 unspecified atom stereocenters. The van der Waals surface area contributed by atoms with Crippen LogP contribution in [0.25, 0.3) is 16.9 Å². The fraction of sp³-hybridized carbons (Fsp3) is 0. The van der Waals surface area contributed by atoms with Gasteiger partial charge in [0.1, 0.15) is 12.0 Å². The molecule has 4 heteroatoms. The summed E-state index contributed by atoms with van der Waals surface area (Å²) in [6.07, 6.45) is 5.32. The van der Waals surface area contributed by atoms with Crippen molar-refractivity contribution in [3.8, 4) is 17.3 Å². The summed E-state index contributed by atoms with van der Waals surface area (Å²) >= 11 is 0. The summed E-state index contributed by atoms with van der Waals surface area (Å²) in [5.41, 5.74) is 3.26. The molecule has 0 atom stereocenters. The van der Waals surface area contributed by atoms with Crippen molar-refractivity contribution in [1.29, 1.82) is 5.26 Å². The Bertz CT molecular complexity index is 688. The first-order valence-corrected chi connectivity index (χ1v) is 5.16. The number of fused-ring (bicyclic) bond motifs is 1. The number of rotatable bonds is 1. The van der Waals surface area contributed by atoms with Gasteiger partial charge in [-0.1, -0.05) is 12.1 Å². The van der Waals surface area contributed by atoms with Crippen LogP contribution >= 0.6 is 0 Å². The molecule has 0 amide bonds. The van der Waals surface area contributed by atoms with Crippen LogP contribution in [0, 0.1) is 11.3 Å². The van der Waals surface area contributed by atoms with Crippen molar-refractivity contribution in [3.05, 3.63) is 54.6 Å². The minimum atomic E-state index is 0.637. The zero-order chi connectivity index (χ0) is 11.7. The molecule has 17 heavy (non-hydrogen) atoms. The van der Waals surface area contributed by atoms with Crippen LogP contribution in [0.5, 0.6) is 0 Å². The van der Waals surface area contributed by atoms with Gasteiger partial charge in [0.2, 0.25) is 0 Å². The molecule has 0 saturated carbocycles. The Labute approximate surface area is 97.8 Å². The summed E-state index contributed by atoms with van der Waals surface area (Å²) in [4.78, 5) is 8.50. The molecule has 0 spiro atoms. The fourth-order valence-corrected chi connectivity index (χ4v) is 1.73. The summed E-state index contributed by atoms with van der Waals surface area (Å²) in [6.45, 7) is 0. The number of benzene rings is 1. The minimum absolute atomic E-state index is 0.637. The van der Waals surface area contributed by atoms with Crippen LogP contribution in [0.2, 0.25) is 0 Å². The number of aromatic nitrogens is 3. The minimum Gasteiger partial charge on any atom is -0.290 e. The third kappa shape index (κ3) is 1.64. The van der Waals surface area contributed by atoms with Crippen LogP contribution in [-0.4, -0.2) is 14.4 Å². The summed E-state index contributed by atoms with van der Waals surface area (Å²) in [5, 5.41) is 8.86. The van der Waals surface area contributed by atoms with Gasteiger partial charge in [0.25, 0.3) is 0 Å². The van der Waals surface area contributed by atoms with Gasteiger partial charge in [-0.2, -0.15) is 5.26 Å². The molecule has 0 aliphatic rings. The van der Waals surface area contributed by atoms with E-state index in [2.05, 4.69) is 16.0 Å². The maximum atomic E-state index is 8.86. The van der Waals surface area contributed by atoms with E-state index in [0.29, 0.717) is 5.56 Å². The Kier molecular flexibility index (Phi) is 2.09. The van der Waals surface area contributed by atoms with E-state index in [0.717, 1.165) is 16.9 Å². The Morgan fingerprint density at radius 3 is 3.00 bits per heavy atom. The summed E-state index contributed by atoms with van der Waals surface area (Å²) < 4.78 is 1.86. The standard InChI is InChI=1S/C13H8N4/c14-7-10-2-1-3-11(6-10)12-8-17-9-15-5-4-13(17)16-12/h1-6,8-9H. The second-order valence-corrected chi connectivity index (χ2v) is 3.66. The van der Waals surface area contributed by atoms with E-state index in [1.807, 2.05) is 34.9 Å². The third-order valence-electron chi connectivity index (χ3n) is 2.55. The van der Waals surface area contributed by atoms with Gasteiger partial charge in [0.05, 0.1) is 17.3 Å². The highest BCUT2D eigenvalue weighted by atomic mass is 15.0. The average Bonchev–Trinajstić information content (AvgIpc) is 2.82. The van der Waals surface area contributed by atoms with Crippen molar-refractivity contribution in [1.82, 2.24) is 14.4 Å². The van der Waals surface area contributed by atoms with Crippen LogP contribution in [0.1, 0.15) is 5.56 Å². The van der Waals surface area contributed by atoms with E-state index in [1.165, 1.54) is 0 Å². The molecular weight excluding hydrogens is 212 g/mol. The molecule has 0 radical (unpaired) electrons. The highest BCUT2D eigenvalue weighted by molar-refractivity contribution is 5.64. The van der Waals surface area contributed by atoms with Gasteiger partial charge in [-0.05, 0) is 18.2 Å². The molecule has 0 aliphatic heterocycles. The molecule has 3 rings (SSSR count). The Hall–Kier alpha value is -2.67. The third-order valence-corrected chi connectivity index (χ3v) is 2.55. The van der Waals surface area contributed by atoms with Gasteiger partial charge in [0, 0.05) is 18.0 Å². The molecule has 0 N–H and O–H groups in total. The SMILES string of the molecule is N#Cc1cccc(-c2cn3cnccc3n2)c1. The van der Waals surface area contributed by atoms with Gasteiger partial charge in [-0.3, -0.25) is 4.40 Å². The first kappa shape index (κ1) is 9.55. The first-order chi connectivity index (χ1) is 8.36. The fourth-order valence-electron chi connectivity index (χ4n) is 1.73. The molecule has 0 saturated heterocycles. The van der Waals surface area contributed by atoms with E-state index >= 15 is 0 Å². The van der Waals surface area contributed by atoms with Crippen LogP contribution in [0.3, 0.4) is 0 Å². The lowest BCUT2D eigenvalue weighted by molar-refractivity contribution is 1.09. The molecule has 0 fully saturated rings. The van der Waals surface area contributed by atoms with Gasteiger partial charge >= 0.3 is 0 Å². The highest BCUT2D eigenvalue weighted by Gasteiger charge is 2.04. The van der Waals surface area contributed by atoms with Crippen molar-refractivity contribution in [3.63, 3.8) is 0 Å². The van der Waals surface area contributed by atoms with Crippen molar-refractivity contribution < 1.29 is 0 Å². The monoisotopic (exact) mass is 220 g/mol. The second-order valence-electron chi connectivity index (χ2n) is 3.66. The Balaban J connectivity index is 2.17. The van der Waals surface area contributed by atoms with Crippen LogP contribution in [0.4, 0.5) is 0 Å². The molecule has 4 nitrogen and oxygen atoms in total. The smallest absolute Gasteiger partial charge is 0.140 e. The van der Waals surface area contributed by atoms with Gasteiger partial charge < -0.3 is 0 Å². The number of imidazole rings is 1. The maximum Gasteiger partial charge on any atom is 0.140 e. The number of nitrogens with zero attached hydrogens (tertiary/aromatic N) is 4. The molecule has 0 bridgehead atoms. The second kappa shape index (κ2) is 3.72. The van der Waals surface area contributed by atoms with E-state index in [9.17, 15) is 0 Å². The topological polar surface area (TPSA) is 54.0 Å². The quantitative estimate of drug-likeness (QED) is 0.632. The summed E-state index contributed by atoms with van der Waals surface area (Å²) in [5.74, 6) is 0. The number of hydrogen-bond donors (Lipinski definition) is 0. The van der Waals surface area contributed by atoms with Crippen LogP contribution < -0.4 is 0 Å². The van der Waals surface area contributed by atoms with Crippen LogP contribution in [-0.2, 0) is 0 Å². The predicted octanol–water partition coefficient (Wildman–Crippen LogP) is 2.27. The van der Waals surface area contributed by atoms with E-state index < -0.39 is 0 Å². The Morgan fingerprint density at radius 2 is 2.18 bits per heavy atom. The number of nitriles is 1. The molecule has 2 aromatic heterocycles. The lowest BCUT2D eigenvalue weighted by Crippen LogP contribution is -1.81. The molecule has 0 aliphatic carbocycles. The van der Waals surface area contributed by atoms with Crippen molar-refractivity contribution in [2.24, 2.45) is 0 Å². The molecule has 1 aromatic carbocycles. The van der Waals surface area contributed by atoms with E-state index in [-0.39, 0.29) is 0 Å². The van der Waals surface area contributed by atoms with Crippen molar-refractivity contribution >= 4 is 5.65 Å². The van der Waals surface area contributed by atoms with E-state index in [4.69, 9.17) is 5.26 Å². The molecule has 80 valence electrons. The summed E-state index contributed by atoms with van der Waals surface area (Å²) in [7, 11) is 0. The zero-order valence-electron chi connectivity index (χ0n) is 8.91. The molecule has 2 heterocycles. The van der Waals surface area contributed by atoms with Crippen LogP contribution in [0.15, 0.2) is 49.1 Å². The summed E-state index contributed by atoms with van der Waals surface area (Å²) in [6, 6.07) is 11.4. The largest absolute Gasteiger partial charge is 0.290 e. The molecular formula is C13H8N4. The zero-order valence-corrected chi connectivity index (χ0v) is 8.91. The van der Waals surface area contributed by atoms with Crippen molar-refractivity contribution in [2.75, 3.05) is 0 Å². The highest BCUT2D eigenvalue weighted by Crippen LogP contribution is 2.19. The van der Waals surface area contributed by atoms with E-state index in [1.54, 1.807) is 18.6 Å². The van der Waals surface area contributed by atoms with Crippen molar-refractivity contribution in [2.45, 2.75) is 0 Å². The molecule has 3 aromatic rings.